The number of carbonyl (C=O) groups is 2. The molecule has 1 aromatic carbocycles. The molecule has 2 aliphatic carbocycles. The highest BCUT2D eigenvalue weighted by molar-refractivity contribution is 6.04. The number of nitrogens with zero attached hydrogens (tertiary/aromatic N) is 3. The molecule has 0 radical (unpaired) electrons. The number of aromatic nitrogens is 3. The number of hydrogen-bond donors (Lipinski definition) is 1. The quantitative estimate of drug-likeness (QED) is 0.633. The van der Waals surface area contributed by atoms with Gasteiger partial charge >= 0.3 is 0 Å². The van der Waals surface area contributed by atoms with Crippen LogP contribution < -0.4 is 5.32 Å². The molecule has 7 heteroatoms. The maximum Gasteiger partial charge on any atom is 0.258 e. The molecule has 2 heterocycles. The number of halogens is 1. The third-order valence-electron chi connectivity index (χ3n) is 5.51. The Morgan fingerprint density at radius 3 is 2.81 bits per heavy atom. The highest BCUT2D eigenvalue weighted by Crippen LogP contribution is 2.32. The van der Waals surface area contributed by atoms with Crippen LogP contribution in [0.15, 0.2) is 84.0 Å². The van der Waals surface area contributed by atoms with Crippen LogP contribution in [0.25, 0.3) is 6.08 Å². The minimum atomic E-state index is -0.543. The molecular formula is C25H19FN4O2. The van der Waals surface area contributed by atoms with Gasteiger partial charge in [-0.25, -0.2) is 4.98 Å². The predicted octanol–water partition coefficient (Wildman–Crippen LogP) is 3.62. The maximum absolute atomic E-state index is 13.0. The second-order valence-electron chi connectivity index (χ2n) is 7.76. The van der Waals surface area contributed by atoms with Gasteiger partial charge in [-0.05, 0) is 40.8 Å². The maximum atomic E-state index is 13.0. The normalized spacial score (nSPS) is 15.0. The van der Waals surface area contributed by atoms with Crippen LogP contribution in [-0.4, -0.2) is 26.5 Å². The van der Waals surface area contributed by atoms with Crippen molar-refractivity contribution in [2.75, 3.05) is 0 Å². The van der Waals surface area contributed by atoms with E-state index in [9.17, 15) is 14.0 Å². The molecule has 32 heavy (non-hydrogen) atoms. The van der Waals surface area contributed by atoms with E-state index in [0.29, 0.717) is 29.8 Å². The van der Waals surface area contributed by atoms with Gasteiger partial charge in [0.15, 0.2) is 5.78 Å². The summed E-state index contributed by atoms with van der Waals surface area (Å²) in [6.07, 6.45) is 11.0. The van der Waals surface area contributed by atoms with Gasteiger partial charge in [0.2, 0.25) is 5.95 Å². The van der Waals surface area contributed by atoms with Crippen LogP contribution in [0.5, 0.6) is 0 Å². The van der Waals surface area contributed by atoms with E-state index in [1.165, 1.54) is 24.0 Å². The number of rotatable bonds is 5. The number of carbonyl (C=O) groups excluding carboxylic acids is 2. The molecule has 0 unspecified atom stereocenters. The predicted molar refractivity (Wildman–Crippen MR) is 117 cm³/mol. The van der Waals surface area contributed by atoms with Crippen molar-refractivity contribution in [3.05, 3.63) is 112 Å². The van der Waals surface area contributed by atoms with Gasteiger partial charge in [-0.1, -0.05) is 42.5 Å². The third-order valence-corrected chi connectivity index (χ3v) is 5.51. The Hall–Kier alpha value is -4.13. The van der Waals surface area contributed by atoms with Crippen LogP contribution in [0.1, 0.15) is 33.5 Å². The van der Waals surface area contributed by atoms with E-state index in [1.807, 2.05) is 24.3 Å². The summed E-state index contributed by atoms with van der Waals surface area (Å²) < 4.78 is 14.5. The highest BCUT2D eigenvalue weighted by atomic mass is 19.1. The summed E-state index contributed by atoms with van der Waals surface area (Å²) in [7, 11) is 0. The van der Waals surface area contributed by atoms with Gasteiger partial charge in [0.05, 0.1) is 18.3 Å². The zero-order chi connectivity index (χ0) is 22.1. The van der Waals surface area contributed by atoms with E-state index in [2.05, 4.69) is 21.5 Å². The Labute approximate surface area is 183 Å². The number of benzene rings is 1. The van der Waals surface area contributed by atoms with Crippen LogP contribution in [0.3, 0.4) is 0 Å². The zero-order valence-corrected chi connectivity index (χ0v) is 17.1. The summed E-state index contributed by atoms with van der Waals surface area (Å²) >= 11 is 0. The summed E-state index contributed by atoms with van der Waals surface area (Å²) in [5.41, 5.74) is 5.68. The van der Waals surface area contributed by atoms with E-state index in [1.54, 1.807) is 29.1 Å². The average Bonchev–Trinajstić information content (AvgIpc) is 3.44. The largest absolute Gasteiger partial charge is 0.322 e. The number of Topliss-reactive ketones (excluding diaryl/α,β-unsaturated/α-hetero) is 1. The number of fused-ring (bicyclic) bond motifs is 1. The molecule has 158 valence electrons. The second-order valence-corrected chi connectivity index (χ2v) is 7.76. The minimum absolute atomic E-state index is 0.0442. The molecule has 0 saturated heterocycles. The zero-order valence-electron chi connectivity index (χ0n) is 17.1. The lowest BCUT2D eigenvalue weighted by atomic mass is 9.93. The van der Waals surface area contributed by atoms with Gasteiger partial charge in [-0.15, -0.1) is 0 Å². The van der Waals surface area contributed by atoms with Gasteiger partial charge in [-0.2, -0.15) is 9.49 Å². The van der Waals surface area contributed by atoms with Crippen molar-refractivity contribution in [3.63, 3.8) is 0 Å². The van der Waals surface area contributed by atoms with Crippen molar-refractivity contribution >= 4 is 17.8 Å². The van der Waals surface area contributed by atoms with Crippen molar-refractivity contribution in [2.45, 2.75) is 19.4 Å². The van der Waals surface area contributed by atoms with Crippen LogP contribution in [0.2, 0.25) is 0 Å². The second kappa shape index (κ2) is 8.19. The van der Waals surface area contributed by atoms with Crippen LogP contribution in [-0.2, 0) is 17.8 Å². The lowest BCUT2D eigenvalue weighted by Crippen LogP contribution is -2.24. The Balaban J connectivity index is 1.28. The summed E-state index contributed by atoms with van der Waals surface area (Å²) in [4.78, 5) is 28.9. The van der Waals surface area contributed by atoms with Crippen LogP contribution >= 0.6 is 0 Å². The van der Waals surface area contributed by atoms with Gasteiger partial charge in [-0.3, -0.25) is 14.3 Å². The van der Waals surface area contributed by atoms with Crippen molar-refractivity contribution in [3.8, 4) is 0 Å². The molecule has 2 aliphatic rings. The SMILES string of the molecule is O=C1CC=C(NC(=O)c2cnn(Cc3ccc(F)nc3)c2)C=C1C1=Cc2ccccc2C1. The van der Waals surface area contributed by atoms with Gasteiger partial charge < -0.3 is 5.32 Å². The molecule has 0 spiro atoms. The van der Waals surface area contributed by atoms with Gasteiger partial charge in [0, 0.05) is 30.1 Å². The van der Waals surface area contributed by atoms with Crippen LogP contribution in [0, 0.1) is 5.95 Å². The van der Waals surface area contributed by atoms with E-state index in [0.717, 1.165) is 16.7 Å². The highest BCUT2D eigenvalue weighted by Gasteiger charge is 2.23. The van der Waals surface area contributed by atoms with Crippen molar-refractivity contribution in [2.24, 2.45) is 0 Å². The number of hydrogen-bond acceptors (Lipinski definition) is 4. The van der Waals surface area contributed by atoms with E-state index in [4.69, 9.17) is 0 Å². The van der Waals surface area contributed by atoms with Gasteiger partial charge in [0.1, 0.15) is 0 Å². The monoisotopic (exact) mass is 426 g/mol. The molecular weight excluding hydrogens is 407 g/mol. The Bertz CT molecular complexity index is 1320. The first-order valence-corrected chi connectivity index (χ1v) is 10.2. The fraction of sp³-hybridized carbons (Fsp3) is 0.120. The Morgan fingerprint density at radius 1 is 1.12 bits per heavy atom. The molecule has 0 aliphatic heterocycles. The minimum Gasteiger partial charge on any atom is -0.322 e. The number of ketones is 1. The number of nitrogens with one attached hydrogen (secondary N) is 1. The van der Waals surface area contributed by atoms with Crippen molar-refractivity contribution in [1.82, 2.24) is 20.1 Å². The average molecular weight is 426 g/mol. The summed E-state index contributed by atoms with van der Waals surface area (Å²) in [5.74, 6) is -0.811. The first-order chi connectivity index (χ1) is 15.5. The fourth-order valence-electron chi connectivity index (χ4n) is 3.88. The van der Waals surface area contributed by atoms with Crippen molar-refractivity contribution < 1.29 is 14.0 Å². The molecule has 0 atom stereocenters. The summed E-state index contributed by atoms with van der Waals surface area (Å²) in [6.45, 7) is 0.372. The Morgan fingerprint density at radius 2 is 2.00 bits per heavy atom. The molecule has 5 rings (SSSR count). The molecule has 0 bridgehead atoms. The van der Waals surface area contributed by atoms with Crippen LogP contribution in [0.4, 0.5) is 4.39 Å². The third kappa shape index (κ3) is 4.05. The number of allylic oxidation sites excluding steroid dienone is 4. The summed E-state index contributed by atoms with van der Waals surface area (Å²) in [6, 6.07) is 11.0. The Kier molecular flexibility index (Phi) is 5.07. The molecule has 6 nitrogen and oxygen atoms in total. The molecule has 2 aromatic heterocycles. The lowest BCUT2D eigenvalue weighted by Gasteiger charge is -2.14. The van der Waals surface area contributed by atoms with E-state index >= 15 is 0 Å². The molecule has 1 amide bonds. The number of amides is 1. The first kappa shape index (κ1) is 19.8. The van der Waals surface area contributed by atoms with Gasteiger partial charge in [0.25, 0.3) is 5.91 Å². The standard InChI is InChI=1S/C25H19FN4O2/c26-24-8-5-16(12-27-24)14-30-15-20(13-28-30)25(32)29-21-6-7-23(31)22(11-21)19-9-17-3-1-2-4-18(17)10-19/h1-6,8-9,11-13,15H,7,10,14H2,(H,29,32). The lowest BCUT2D eigenvalue weighted by molar-refractivity contribution is -0.114. The fourth-order valence-corrected chi connectivity index (χ4v) is 3.88. The smallest absolute Gasteiger partial charge is 0.258 e. The van der Waals surface area contributed by atoms with E-state index in [-0.39, 0.29) is 18.1 Å². The summed E-state index contributed by atoms with van der Waals surface area (Å²) in [5, 5.41) is 7.06. The molecule has 3 aromatic rings. The molecule has 1 N–H and O–H groups in total. The topological polar surface area (TPSA) is 76.9 Å². The van der Waals surface area contributed by atoms with E-state index < -0.39 is 5.95 Å². The van der Waals surface area contributed by atoms with Crippen molar-refractivity contribution in [1.29, 1.82) is 0 Å². The first-order valence-electron chi connectivity index (χ1n) is 10.2. The number of pyridine rings is 1. The molecule has 0 saturated carbocycles. The molecule has 0 fully saturated rings.